The van der Waals surface area contributed by atoms with Crippen LogP contribution < -0.4 is 4.74 Å². The molecule has 0 aliphatic rings. The maximum Gasteiger partial charge on any atom is 0.338 e. The Morgan fingerprint density at radius 2 is 1.70 bits per heavy atom. The highest BCUT2D eigenvalue weighted by molar-refractivity contribution is 5.89. The van der Waals surface area contributed by atoms with Gasteiger partial charge in [-0.05, 0) is 44.0 Å². The summed E-state index contributed by atoms with van der Waals surface area (Å²) in [5, 5.41) is 17.1. The summed E-state index contributed by atoms with van der Waals surface area (Å²) in [6.07, 6.45) is -0.232. The Morgan fingerprint density at radius 3 is 2.04 bits per heavy atom. The summed E-state index contributed by atoms with van der Waals surface area (Å²) in [6, 6.07) is 6.62. The van der Waals surface area contributed by atoms with Gasteiger partial charge in [0.2, 0.25) is 0 Å². The van der Waals surface area contributed by atoms with Gasteiger partial charge in [0.1, 0.15) is 12.4 Å². The maximum atomic E-state index is 11.3. The van der Waals surface area contributed by atoms with Gasteiger partial charge in [0.15, 0.2) is 0 Å². The highest BCUT2D eigenvalue weighted by Gasteiger charge is 2.06. The lowest BCUT2D eigenvalue weighted by Gasteiger charge is -2.08. The Balaban J connectivity index is 0.000000585. The van der Waals surface area contributed by atoms with Crippen molar-refractivity contribution in [2.75, 3.05) is 13.2 Å². The number of hydrogen-bond donors (Lipinski definition) is 2. The number of carboxylic acid groups (broad SMARTS) is 1. The third-order valence-corrected chi connectivity index (χ3v) is 2.44. The molecule has 0 fully saturated rings. The van der Waals surface area contributed by atoms with Gasteiger partial charge in [-0.25, -0.2) is 4.79 Å². The molecule has 1 unspecified atom stereocenters. The number of carboxylic acids is 1. The fraction of sp³-hybridized carbons (Fsp3) is 0.529. The highest BCUT2D eigenvalue weighted by atomic mass is 16.5. The molecule has 1 rings (SSSR count). The summed E-state index contributed by atoms with van der Waals surface area (Å²) in [4.78, 5) is 21.1. The number of carbonyl (C=O) groups is 2. The maximum absolute atomic E-state index is 11.3. The number of rotatable bonds is 7. The first-order valence-electron chi connectivity index (χ1n) is 7.56. The molecule has 0 aliphatic heterocycles. The Bertz CT molecular complexity index is 464. The zero-order chi connectivity index (χ0) is 17.8. The van der Waals surface area contributed by atoms with E-state index in [2.05, 4.69) is 0 Å². The molecule has 0 heterocycles. The van der Waals surface area contributed by atoms with E-state index in [1.54, 1.807) is 38.1 Å². The van der Waals surface area contributed by atoms with Gasteiger partial charge in [-0.3, -0.25) is 4.79 Å². The van der Waals surface area contributed by atoms with Crippen LogP contribution in [0.2, 0.25) is 0 Å². The average Bonchev–Trinajstić information content (AvgIpc) is 2.45. The summed E-state index contributed by atoms with van der Waals surface area (Å²) in [5.41, 5.74) is 0.492. The molecule has 6 heteroatoms. The SMILES string of the molecule is CC(C)CC(=O)O.CCOC(=O)c1ccc(OCC(C)O)cc1. The van der Waals surface area contributed by atoms with Crippen molar-refractivity contribution in [3.63, 3.8) is 0 Å². The first-order chi connectivity index (χ1) is 10.8. The molecular weight excluding hydrogens is 300 g/mol. The number of carbonyl (C=O) groups excluding carboxylic acids is 1. The largest absolute Gasteiger partial charge is 0.491 e. The molecular formula is C17H26O6. The molecule has 0 bridgehead atoms. The summed E-state index contributed by atoms with van der Waals surface area (Å²) in [5.74, 6) is -0.161. The zero-order valence-corrected chi connectivity index (χ0v) is 14.1. The quantitative estimate of drug-likeness (QED) is 0.748. The Kier molecular flexibility index (Phi) is 10.4. The summed E-state index contributed by atoms with van der Waals surface area (Å²) in [6.45, 7) is 7.77. The van der Waals surface area contributed by atoms with Gasteiger partial charge in [0.25, 0.3) is 0 Å². The van der Waals surface area contributed by atoms with Crippen molar-refractivity contribution in [2.45, 2.75) is 40.2 Å². The van der Waals surface area contributed by atoms with E-state index in [0.29, 0.717) is 17.9 Å². The van der Waals surface area contributed by atoms with Crippen molar-refractivity contribution in [3.05, 3.63) is 29.8 Å². The van der Waals surface area contributed by atoms with Gasteiger partial charge in [-0.2, -0.15) is 0 Å². The predicted octanol–water partition coefficient (Wildman–Crippen LogP) is 2.74. The molecule has 0 aliphatic carbocycles. The molecule has 0 saturated heterocycles. The van der Waals surface area contributed by atoms with E-state index in [4.69, 9.17) is 19.7 Å². The van der Waals surface area contributed by atoms with Crippen molar-refractivity contribution in [2.24, 2.45) is 5.92 Å². The van der Waals surface area contributed by atoms with Gasteiger partial charge in [0, 0.05) is 6.42 Å². The number of esters is 1. The van der Waals surface area contributed by atoms with Crippen molar-refractivity contribution in [1.82, 2.24) is 0 Å². The lowest BCUT2D eigenvalue weighted by molar-refractivity contribution is -0.137. The van der Waals surface area contributed by atoms with E-state index >= 15 is 0 Å². The number of aliphatic carboxylic acids is 1. The van der Waals surface area contributed by atoms with E-state index < -0.39 is 12.1 Å². The number of hydrogen-bond acceptors (Lipinski definition) is 5. The van der Waals surface area contributed by atoms with Crippen LogP contribution in [0.3, 0.4) is 0 Å². The second-order valence-electron chi connectivity index (χ2n) is 5.40. The normalized spacial score (nSPS) is 11.2. The first-order valence-corrected chi connectivity index (χ1v) is 7.56. The van der Waals surface area contributed by atoms with Gasteiger partial charge < -0.3 is 19.7 Å². The lowest BCUT2D eigenvalue weighted by atomic mass is 10.1. The smallest absolute Gasteiger partial charge is 0.338 e. The Labute approximate surface area is 137 Å². The van der Waals surface area contributed by atoms with E-state index in [1.165, 1.54) is 0 Å². The standard InChI is InChI=1S/C12H16O4.C5H10O2/c1-3-15-12(14)10-4-6-11(7-5-10)16-8-9(2)13;1-4(2)3-5(6)7/h4-7,9,13H,3,8H2,1-2H3;4H,3H2,1-2H3,(H,6,7). The van der Waals surface area contributed by atoms with Crippen LogP contribution in [-0.2, 0) is 9.53 Å². The van der Waals surface area contributed by atoms with Crippen LogP contribution in [0.4, 0.5) is 0 Å². The molecule has 1 atom stereocenters. The summed E-state index contributed by atoms with van der Waals surface area (Å²) >= 11 is 0. The Morgan fingerprint density at radius 1 is 1.13 bits per heavy atom. The van der Waals surface area contributed by atoms with Crippen molar-refractivity contribution >= 4 is 11.9 Å². The number of aliphatic hydroxyl groups excluding tert-OH is 1. The van der Waals surface area contributed by atoms with E-state index in [-0.39, 0.29) is 24.9 Å². The van der Waals surface area contributed by atoms with E-state index in [9.17, 15) is 9.59 Å². The van der Waals surface area contributed by atoms with Crippen LogP contribution in [0.15, 0.2) is 24.3 Å². The molecule has 130 valence electrons. The van der Waals surface area contributed by atoms with Gasteiger partial charge >= 0.3 is 11.9 Å². The minimum Gasteiger partial charge on any atom is -0.491 e. The van der Waals surface area contributed by atoms with Gasteiger partial charge in [-0.1, -0.05) is 13.8 Å². The van der Waals surface area contributed by atoms with Crippen LogP contribution >= 0.6 is 0 Å². The second kappa shape index (κ2) is 11.5. The van der Waals surface area contributed by atoms with Crippen molar-refractivity contribution < 1.29 is 29.3 Å². The fourth-order valence-corrected chi connectivity index (χ4v) is 1.47. The number of ether oxygens (including phenoxy) is 2. The third-order valence-electron chi connectivity index (χ3n) is 2.44. The van der Waals surface area contributed by atoms with Crippen molar-refractivity contribution in [1.29, 1.82) is 0 Å². The molecule has 0 spiro atoms. The summed E-state index contributed by atoms with van der Waals surface area (Å²) < 4.78 is 10.1. The molecule has 0 amide bonds. The number of benzene rings is 1. The van der Waals surface area contributed by atoms with Crippen molar-refractivity contribution in [3.8, 4) is 5.75 Å². The minimum absolute atomic E-state index is 0.235. The van der Waals surface area contributed by atoms with Crippen LogP contribution in [0, 0.1) is 5.92 Å². The average molecular weight is 326 g/mol. The predicted molar refractivity (Wildman–Crippen MR) is 86.7 cm³/mol. The molecule has 0 saturated carbocycles. The monoisotopic (exact) mass is 326 g/mol. The molecule has 1 aromatic carbocycles. The van der Waals surface area contributed by atoms with Crippen LogP contribution in [0.5, 0.6) is 5.75 Å². The second-order valence-corrected chi connectivity index (χ2v) is 5.40. The van der Waals surface area contributed by atoms with E-state index in [1.807, 2.05) is 13.8 Å². The molecule has 2 N–H and O–H groups in total. The molecule has 0 radical (unpaired) electrons. The van der Waals surface area contributed by atoms with Gasteiger partial charge in [0.05, 0.1) is 18.3 Å². The fourth-order valence-electron chi connectivity index (χ4n) is 1.47. The lowest BCUT2D eigenvalue weighted by Crippen LogP contribution is -2.12. The first kappa shape index (κ1) is 20.9. The van der Waals surface area contributed by atoms with Crippen LogP contribution in [-0.4, -0.2) is 41.5 Å². The summed E-state index contributed by atoms with van der Waals surface area (Å²) in [7, 11) is 0. The zero-order valence-electron chi connectivity index (χ0n) is 14.1. The van der Waals surface area contributed by atoms with Gasteiger partial charge in [-0.15, -0.1) is 0 Å². The third kappa shape index (κ3) is 11.2. The molecule has 6 nitrogen and oxygen atoms in total. The molecule has 1 aromatic rings. The van der Waals surface area contributed by atoms with Crippen LogP contribution in [0.1, 0.15) is 44.5 Å². The molecule has 23 heavy (non-hydrogen) atoms. The molecule has 0 aromatic heterocycles. The highest BCUT2D eigenvalue weighted by Crippen LogP contribution is 2.13. The Hall–Kier alpha value is -2.08. The number of aliphatic hydroxyl groups is 1. The van der Waals surface area contributed by atoms with Crippen LogP contribution in [0.25, 0.3) is 0 Å². The topological polar surface area (TPSA) is 93.1 Å². The van der Waals surface area contributed by atoms with E-state index in [0.717, 1.165) is 0 Å². The minimum atomic E-state index is -0.713.